The van der Waals surface area contributed by atoms with Gasteiger partial charge < -0.3 is 5.32 Å². The molecule has 106 valence electrons. The highest BCUT2D eigenvalue weighted by Gasteiger charge is 2.09. The van der Waals surface area contributed by atoms with Crippen molar-refractivity contribution in [2.75, 3.05) is 12.3 Å². The Balaban J connectivity index is 2.02. The third kappa shape index (κ3) is 3.93. The number of carbonyl (C=O) groups is 1. The number of benzene rings is 1. The number of rotatable bonds is 5. The molecule has 5 heteroatoms. The zero-order valence-electron chi connectivity index (χ0n) is 12.0. The molecule has 0 aliphatic rings. The molecule has 0 bridgehead atoms. The Bertz CT molecular complexity index is 613. The average molecular weight is 289 g/mol. The van der Waals surface area contributed by atoms with Gasteiger partial charge in [0.1, 0.15) is 5.03 Å². The maximum atomic E-state index is 11.7. The quantitative estimate of drug-likeness (QED) is 0.860. The highest BCUT2D eigenvalue weighted by molar-refractivity contribution is 7.99. The monoisotopic (exact) mass is 289 g/mol. The van der Waals surface area contributed by atoms with Gasteiger partial charge in [0.15, 0.2) is 0 Å². The minimum atomic E-state index is 0.0399. The molecule has 0 radical (unpaired) electrons. The van der Waals surface area contributed by atoms with Gasteiger partial charge in [-0.05, 0) is 25.0 Å². The number of para-hydroxylation sites is 2. The van der Waals surface area contributed by atoms with Crippen LogP contribution < -0.4 is 5.32 Å². The van der Waals surface area contributed by atoms with Crippen molar-refractivity contribution in [2.45, 2.75) is 25.8 Å². The second-order valence-corrected chi connectivity index (χ2v) is 6.05. The lowest BCUT2D eigenvalue weighted by Crippen LogP contribution is -2.28. The summed E-state index contributed by atoms with van der Waals surface area (Å²) in [5.41, 5.74) is 2.62. The number of hydrogen-bond acceptors (Lipinski definition) is 4. The number of nitrogens with one attached hydrogen (secondary N) is 1. The van der Waals surface area contributed by atoms with Crippen LogP contribution in [0.25, 0.3) is 11.0 Å². The minimum Gasteiger partial charge on any atom is -0.355 e. The molecule has 1 aromatic heterocycles. The molecular weight excluding hydrogens is 270 g/mol. The van der Waals surface area contributed by atoms with E-state index in [4.69, 9.17) is 0 Å². The van der Waals surface area contributed by atoms with Gasteiger partial charge in [-0.15, -0.1) is 0 Å². The van der Waals surface area contributed by atoms with Crippen molar-refractivity contribution in [1.82, 2.24) is 15.3 Å². The molecule has 1 N–H and O–H groups in total. The van der Waals surface area contributed by atoms with Gasteiger partial charge in [0.2, 0.25) is 5.91 Å². The number of thioether (sulfide) groups is 1. The second kappa shape index (κ2) is 6.70. The lowest BCUT2D eigenvalue weighted by Gasteiger charge is -2.08. The highest BCUT2D eigenvalue weighted by atomic mass is 32.2. The van der Waals surface area contributed by atoms with Crippen LogP contribution in [-0.2, 0) is 4.79 Å². The predicted molar refractivity (Wildman–Crippen MR) is 82.8 cm³/mol. The molecule has 0 spiro atoms. The number of fused-ring (bicyclic) bond motifs is 1. The maximum absolute atomic E-state index is 11.7. The highest BCUT2D eigenvalue weighted by Crippen LogP contribution is 2.21. The molecule has 0 aliphatic heterocycles. The summed E-state index contributed by atoms with van der Waals surface area (Å²) in [6.45, 7) is 6.79. The van der Waals surface area contributed by atoms with Crippen LogP contribution in [0.4, 0.5) is 0 Å². The first kappa shape index (κ1) is 14.8. The maximum Gasteiger partial charge on any atom is 0.230 e. The second-order valence-electron chi connectivity index (χ2n) is 5.09. The van der Waals surface area contributed by atoms with Gasteiger partial charge >= 0.3 is 0 Å². The van der Waals surface area contributed by atoms with E-state index in [-0.39, 0.29) is 5.91 Å². The summed E-state index contributed by atoms with van der Waals surface area (Å²) in [6, 6.07) is 7.77. The van der Waals surface area contributed by atoms with Gasteiger partial charge in [-0.3, -0.25) is 4.79 Å². The van der Waals surface area contributed by atoms with E-state index < -0.39 is 0 Å². The summed E-state index contributed by atoms with van der Waals surface area (Å²) < 4.78 is 0. The lowest BCUT2D eigenvalue weighted by atomic mass is 10.2. The summed E-state index contributed by atoms with van der Waals surface area (Å²) in [4.78, 5) is 20.8. The first-order chi connectivity index (χ1) is 9.56. The number of carbonyl (C=O) groups excluding carboxylic acids is 1. The van der Waals surface area contributed by atoms with Crippen LogP contribution in [0.3, 0.4) is 0 Å². The number of aryl methyl sites for hydroxylation is 1. The van der Waals surface area contributed by atoms with Crippen molar-refractivity contribution in [1.29, 1.82) is 0 Å². The summed E-state index contributed by atoms with van der Waals surface area (Å²) in [7, 11) is 0. The summed E-state index contributed by atoms with van der Waals surface area (Å²) >= 11 is 1.44. The van der Waals surface area contributed by atoms with E-state index in [9.17, 15) is 4.79 Å². The van der Waals surface area contributed by atoms with Gasteiger partial charge in [-0.2, -0.15) is 0 Å². The Labute approximate surface area is 123 Å². The standard InChI is InChI=1S/C15H19N3OS/c1-10(2)8-16-14(19)9-20-15-11(3)17-12-6-4-5-7-13(12)18-15/h4-7,10H,8-9H2,1-3H3,(H,16,19). The number of aromatic nitrogens is 2. The van der Waals surface area contributed by atoms with Crippen molar-refractivity contribution in [3.05, 3.63) is 30.0 Å². The van der Waals surface area contributed by atoms with E-state index in [1.54, 1.807) is 0 Å². The van der Waals surface area contributed by atoms with Crippen LogP contribution in [0, 0.1) is 12.8 Å². The van der Waals surface area contributed by atoms with Crippen LogP contribution in [-0.4, -0.2) is 28.2 Å². The topological polar surface area (TPSA) is 54.9 Å². The molecule has 1 aromatic carbocycles. The Morgan fingerprint density at radius 2 is 1.90 bits per heavy atom. The van der Waals surface area contributed by atoms with Crippen molar-refractivity contribution in [3.63, 3.8) is 0 Å². The van der Waals surface area contributed by atoms with E-state index in [2.05, 4.69) is 29.1 Å². The Morgan fingerprint density at radius 1 is 1.25 bits per heavy atom. The molecule has 0 fully saturated rings. The Hall–Kier alpha value is -1.62. The normalized spacial score (nSPS) is 11.0. The van der Waals surface area contributed by atoms with Crippen LogP contribution >= 0.6 is 11.8 Å². The zero-order valence-corrected chi connectivity index (χ0v) is 12.8. The number of nitrogens with zero attached hydrogens (tertiary/aromatic N) is 2. The number of amides is 1. The first-order valence-corrected chi connectivity index (χ1v) is 7.67. The summed E-state index contributed by atoms with van der Waals surface area (Å²) in [6.07, 6.45) is 0. The lowest BCUT2D eigenvalue weighted by molar-refractivity contribution is -0.118. The van der Waals surface area contributed by atoms with Gasteiger partial charge in [-0.1, -0.05) is 37.7 Å². The molecule has 1 amide bonds. The Kier molecular flexibility index (Phi) is 4.95. The molecule has 20 heavy (non-hydrogen) atoms. The van der Waals surface area contributed by atoms with Gasteiger partial charge in [0, 0.05) is 6.54 Å². The third-order valence-corrected chi connectivity index (χ3v) is 3.82. The fourth-order valence-electron chi connectivity index (χ4n) is 1.71. The molecule has 2 aromatic rings. The van der Waals surface area contributed by atoms with E-state index in [0.29, 0.717) is 18.2 Å². The predicted octanol–water partition coefficient (Wildman–Crippen LogP) is 2.80. The summed E-state index contributed by atoms with van der Waals surface area (Å²) in [5, 5.41) is 3.72. The van der Waals surface area contributed by atoms with E-state index in [0.717, 1.165) is 21.8 Å². The molecular formula is C15H19N3OS. The van der Waals surface area contributed by atoms with E-state index in [1.807, 2.05) is 31.2 Å². The van der Waals surface area contributed by atoms with Crippen LogP contribution in [0.5, 0.6) is 0 Å². The van der Waals surface area contributed by atoms with Crippen molar-refractivity contribution < 1.29 is 4.79 Å². The molecule has 0 saturated heterocycles. The molecule has 2 rings (SSSR count). The van der Waals surface area contributed by atoms with Crippen LogP contribution in [0.1, 0.15) is 19.5 Å². The van der Waals surface area contributed by atoms with E-state index in [1.165, 1.54) is 11.8 Å². The Morgan fingerprint density at radius 3 is 2.55 bits per heavy atom. The fraction of sp³-hybridized carbons (Fsp3) is 0.400. The molecule has 0 atom stereocenters. The molecule has 1 heterocycles. The largest absolute Gasteiger partial charge is 0.355 e. The average Bonchev–Trinajstić information content (AvgIpc) is 2.42. The fourth-order valence-corrected chi connectivity index (χ4v) is 2.50. The van der Waals surface area contributed by atoms with Crippen molar-refractivity contribution in [2.24, 2.45) is 5.92 Å². The van der Waals surface area contributed by atoms with Crippen LogP contribution in [0.2, 0.25) is 0 Å². The van der Waals surface area contributed by atoms with Crippen molar-refractivity contribution >= 4 is 28.7 Å². The zero-order chi connectivity index (χ0) is 14.5. The first-order valence-electron chi connectivity index (χ1n) is 6.69. The SMILES string of the molecule is Cc1nc2ccccc2nc1SCC(=O)NCC(C)C. The molecule has 0 unspecified atom stereocenters. The van der Waals surface area contributed by atoms with Crippen LogP contribution in [0.15, 0.2) is 29.3 Å². The molecule has 0 aliphatic carbocycles. The molecule has 4 nitrogen and oxygen atoms in total. The van der Waals surface area contributed by atoms with E-state index >= 15 is 0 Å². The minimum absolute atomic E-state index is 0.0399. The smallest absolute Gasteiger partial charge is 0.230 e. The van der Waals surface area contributed by atoms with Gasteiger partial charge in [0.05, 0.1) is 22.5 Å². The van der Waals surface area contributed by atoms with Gasteiger partial charge in [0.25, 0.3) is 0 Å². The summed E-state index contributed by atoms with van der Waals surface area (Å²) in [5.74, 6) is 0.879. The van der Waals surface area contributed by atoms with Crippen molar-refractivity contribution in [3.8, 4) is 0 Å². The van der Waals surface area contributed by atoms with Gasteiger partial charge in [-0.25, -0.2) is 9.97 Å². The third-order valence-electron chi connectivity index (χ3n) is 2.75. The molecule has 0 saturated carbocycles. The number of hydrogen-bond donors (Lipinski definition) is 1.